The summed E-state index contributed by atoms with van der Waals surface area (Å²) in [5.74, 6) is -1.08. The minimum absolute atomic E-state index is 0.157. The summed E-state index contributed by atoms with van der Waals surface area (Å²) in [5.41, 5.74) is 6.08. The van der Waals surface area contributed by atoms with Crippen molar-refractivity contribution in [2.24, 2.45) is 5.92 Å². The zero-order chi connectivity index (χ0) is 27.7. The van der Waals surface area contributed by atoms with Crippen LogP contribution in [0.1, 0.15) is 47.6 Å². The number of ether oxygens (including phenoxy) is 1. The van der Waals surface area contributed by atoms with Crippen LogP contribution in [0.25, 0.3) is 11.0 Å². The van der Waals surface area contributed by atoms with Crippen molar-refractivity contribution < 1.29 is 14.3 Å². The van der Waals surface area contributed by atoms with Crippen LogP contribution in [0, 0.1) is 12.8 Å². The average molecular weight is 566 g/mol. The van der Waals surface area contributed by atoms with Crippen molar-refractivity contribution in [1.29, 1.82) is 0 Å². The molecule has 0 spiro atoms. The van der Waals surface area contributed by atoms with E-state index in [1.165, 1.54) is 4.90 Å². The Morgan fingerprint density at radius 3 is 2.64 bits per heavy atom. The third-order valence-corrected chi connectivity index (χ3v) is 8.25. The smallest absolute Gasteiger partial charge is 0.416 e. The first kappa shape index (κ1) is 27.2. The van der Waals surface area contributed by atoms with Gasteiger partial charge >= 0.3 is 6.09 Å². The van der Waals surface area contributed by atoms with Crippen molar-refractivity contribution >= 4 is 46.2 Å². The number of aromatic nitrogens is 3. The Labute approximate surface area is 237 Å². The number of aryl methyl sites for hydroxylation is 2. The number of rotatable bonds is 8. The van der Waals surface area contributed by atoms with Crippen LogP contribution in [0.5, 0.6) is 0 Å². The second-order valence-corrected chi connectivity index (χ2v) is 10.6. The number of fused-ring (bicyclic) bond motifs is 1. The molecule has 5 rings (SSSR count). The molecule has 0 saturated carbocycles. The molecule has 2 heterocycles. The van der Waals surface area contributed by atoms with Gasteiger partial charge in [-0.1, -0.05) is 78.3 Å². The molecule has 0 bridgehead atoms. The molecule has 0 N–H and O–H groups in total. The largest absolute Gasteiger partial charge is 0.447 e. The summed E-state index contributed by atoms with van der Waals surface area (Å²) in [6.45, 7) is 6.63. The lowest BCUT2D eigenvalue weighted by molar-refractivity contribution is -0.133. The molecule has 0 unspecified atom stereocenters. The number of imide groups is 1. The van der Waals surface area contributed by atoms with Crippen molar-refractivity contribution in [1.82, 2.24) is 19.9 Å². The third kappa shape index (κ3) is 5.13. The molecule has 2 amide bonds. The minimum Gasteiger partial charge on any atom is -0.447 e. The van der Waals surface area contributed by atoms with E-state index < -0.39 is 24.0 Å². The van der Waals surface area contributed by atoms with Gasteiger partial charge in [0.1, 0.15) is 12.1 Å². The molecule has 1 aliphatic heterocycles. The number of cyclic esters (lactones) is 1. The molecule has 0 aliphatic carbocycles. The van der Waals surface area contributed by atoms with Crippen molar-refractivity contribution in [3.8, 4) is 0 Å². The quantitative estimate of drug-likeness (QED) is 0.228. The van der Waals surface area contributed by atoms with Crippen molar-refractivity contribution in [3.63, 3.8) is 0 Å². The van der Waals surface area contributed by atoms with Crippen LogP contribution in [0.15, 0.2) is 60.7 Å². The van der Waals surface area contributed by atoms with Gasteiger partial charge in [0.15, 0.2) is 0 Å². The maximum absolute atomic E-state index is 14.1. The number of halogens is 2. The number of nitrogens with zero attached hydrogens (tertiary/aromatic N) is 4. The number of amides is 2. The summed E-state index contributed by atoms with van der Waals surface area (Å²) in [7, 11) is 0. The first-order chi connectivity index (χ1) is 18.8. The number of alkyl halides is 1. The van der Waals surface area contributed by atoms with Gasteiger partial charge in [-0.05, 0) is 54.2 Å². The number of carbonyl (C=O) groups excluding carboxylic acids is 2. The maximum atomic E-state index is 14.1. The Morgan fingerprint density at radius 2 is 1.92 bits per heavy atom. The van der Waals surface area contributed by atoms with E-state index in [9.17, 15) is 9.59 Å². The van der Waals surface area contributed by atoms with Crippen LogP contribution in [0.3, 0.4) is 0 Å². The summed E-state index contributed by atoms with van der Waals surface area (Å²) < 4.78 is 7.14. The van der Waals surface area contributed by atoms with Crippen LogP contribution in [-0.4, -0.2) is 44.5 Å². The van der Waals surface area contributed by atoms with Crippen LogP contribution < -0.4 is 0 Å². The summed E-state index contributed by atoms with van der Waals surface area (Å²) in [6.07, 6.45) is -0.104. The van der Waals surface area contributed by atoms with E-state index >= 15 is 0 Å². The Kier molecular flexibility index (Phi) is 7.91. The fraction of sp³-hybridized carbons (Fsp3) is 0.333. The van der Waals surface area contributed by atoms with E-state index in [1.54, 1.807) is 4.68 Å². The van der Waals surface area contributed by atoms with Crippen LogP contribution in [0.4, 0.5) is 4.79 Å². The van der Waals surface area contributed by atoms with E-state index in [2.05, 4.69) is 10.3 Å². The number of carbonyl (C=O) groups is 2. The zero-order valence-corrected chi connectivity index (χ0v) is 23.6. The van der Waals surface area contributed by atoms with Crippen molar-refractivity contribution in [2.45, 2.75) is 51.6 Å². The molecular weight excluding hydrogens is 535 g/mol. The monoisotopic (exact) mass is 564 g/mol. The molecule has 1 fully saturated rings. The number of hydrogen-bond donors (Lipinski definition) is 0. The van der Waals surface area contributed by atoms with Gasteiger partial charge in [-0.2, -0.15) is 0 Å². The highest BCUT2D eigenvalue weighted by Crippen LogP contribution is 2.41. The Morgan fingerprint density at radius 1 is 1.15 bits per heavy atom. The van der Waals surface area contributed by atoms with Gasteiger partial charge in [0.2, 0.25) is 5.91 Å². The van der Waals surface area contributed by atoms with E-state index in [0.29, 0.717) is 29.4 Å². The molecule has 39 heavy (non-hydrogen) atoms. The Balaban J connectivity index is 1.57. The highest BCUT2D eigenvalue weighted by molar-refractivity contribution is 6.35. The molecule has 4 aromatic rings. The van der Waals surface area contributed by atoms with E-state index in [4.69, 9.17) is 27.9 Å². The zero-order valence-electron chi connectivity index (χ0n) is 22.1. The molecule has 1 aliphatic rings. The van der Waals surface area contributed by atoms with Crippen molar-refractivity contribution in [2.75, 3.05) is 6.61 Å². The number of benzene rings is 3. The molecule has 3 aromatic carbocycles. The predicted octanol–water partition coefficient (Wildman–Crippen LogP) is 6.51. The highest BCUT2D eigenvalue weighted by Gasteiger charge is 2.42. The fourth-order valence-electron chi connectivity index (χ4n) is 5.39. The molecule has 202 valence electrons. The third-order valence-electron chi connectivity index (χ3n) is 7.57. The Hall–Kier alpha value is -3.42. The van der Waals surface area contributed by atoms with Gasteiger partial charge in [-0.3, -0.25) is 4.79 Å². The van der Waals surface area contributed by atoms with Gasteiger partial charge in [0.05, 0.1) is 16.6 Å². The van der Waals surface area contributed by atoms with Gasteiger partial charge in [0.25, 0.3) is 0 Å². The fourth-order valence-corrected chi connectivity index (χ4v) is 5.99. The van der Waals surface area contributed by atoms with Crippen LogP contribution in [-0.2, 0) is 28.4 Å². The van der Waals surface area contributed by atoms with Gasteiger partial charge in [-0.15, -0.1) is 16.7 Å². The number of hydrogen-bond acceptors (Lipinski definition) is 5. The molecule has 1 aromatic heterocycles. The summed E-state index contributed by atoms with van der Waals surface area (Å²) >= 11 is 13.2. The van der Waals surface area contributed by atoms with Crippen LogP contribution >= 0.6 is 23.2 Å². The first-order valence-electron chi connectivity index (χ1n) is 13.0. The topological polar surface area (TPSA) is 77.3 Å². The summed E-state index contributed by atoms with van der Waals surface area (Å²) in [4.78, 5) is 28.3. The maximum Gasteiger partial charge on any atom is 0.416 e. The first-order valence-corrected chi connectivity index (χ1v) is 14.0. The van der Waals surface area contributed by atoms with Gasteiger partial charge in [-0.25, -0.2) is 14.4 Å². The second-order valence-electron chi connectivity index (χ2n) is 9.96. The lowest BCUT2D eigenvalue weighted by atomic mass is 9.79. The van der Waals surface area contributed by atoms with Crippen molar-refractivity contribution in [3.05, 3.63) is 93.5 Å². The second kappa shape index (κ2) is 11.4. The van der Waals surface area contributed by atoms with Gasteiger partial charge in [0, 0.05) is 24.3 Å². The SMILES string of the molecule is CCn1nnc2c(Cl)c([C@H](c3ccc(C)c(CCl)c3)[C@@H](C)C(=O)N3C(=O)OC[C@H]3Cc3ccccc3)ccc21. The van der Waals surface area contributed by atoms with E-state index in [1.807, 2.05) is 81.4 Å². The standard InChI is InChI=1S/C30H30Cl2N4O3/c1-4-35-25-13-12-24(27(32)28(25)33-34-35)26(21-11-10-18(2)22(15-21)16-31)19(3)29(37)36-23(17-39-30(36)38)14-20-8-6-5-7-9-20/h5-13,15,19,23,26H,4,14,16-17H2,1-3H3/t19-,23-,26+/m1/s1. The normalized spacial score (nSPS) is 16.9. The van der Waals surface area contributed by atoms with Gasteiger partial charge < -0.3 is 4.74 Å². The lowest BCUT2D eigenvalue weighted by Gasteiger charge is -2.30. The minimum atomic E-state index is -0.643. The average Bonchev–Trinajstić information content (AvgIpc) is 3.54. The molecule has 7 nitrogen and oxygen atoms in total. The molecule has 9 heteroatoms. The molecule has 0 radical (unpaired) electrons. The summed E-state index contributed by atoms with van der Waals surface area (Å²) in [5, 5.41) is 8.97. The summed E-state index contributed by atoms with van der Waals surface area (Å²) in [6, 6.07) is 19.3. The van der Waals surface area contributed by atoms with E-state index in [-0.39, 0.29) is 12.5 Å². The molecule has 3 atom stereocenters. The highest BCUT2D eigenvalue weighted by atomic mass is 35.5. The van der Waals surface area contributed by atoms with Crippen LogP contribution in [0.2, 0.25) is 5.02 Å². The van der Waals surface area contributed by atoms with E-state index in [0.717, 1.165) is 33.3 Å². The molecule has 1 saturated heterocycles. The Bertz CT molecular complexity index is 1520. The molecular formula is C30H30Cl2N4O3. The predicted molar refractivity (Wildman–Crippen MR) is 152 cm³/mol. The lowest BCUT2D eigenvalue weighted by Crippen LogP contribution is -2.44.